The molecule has 0 amide bonds. The van der Waals surface area contributed by atoms with Crippen molar-refractivity contribution in [3.05, 3.63) is 85.5 Å². The lowest BCUT2D eigenvalue weighted by Gasteiger charge is -2.12. The van der Waals surface area contributed by atoms with E-state index in [0.29, 0.717) is 10.6 Å². The van der Waals surface area contributed by atoms with E-state index < -0.39 is 23.4 Å². The highest BCUT2D eigenvalue weighted by atomic mass is 35.5. The monoisotopic (exact) mass is 538 g/mol. The van der Waals surface area contributed by atoms with Crippen LogP contribution >= 0.6 is 11.6 Å². The van der Waals surface area contributed by atoms with Crippen LogP contribution in [0.3, 0.4) is 0 Å². The number of fused-ring (bicyclic) bond motifs is 1. The van der Waals surface area contributed by atoms with Crippen molar-refractivity contribution >= 4 is 22.8 Å². The van der Waals surface area contributed by atoms with Crippen molar-refractivity contribution < 1.29 is 27.8 Å². The molecule has 0 spiro atoms. The summed E-state index contributed by atoms with van der Waals surface area (Å²) in [4.78, 5) is 30.5. The third-order valence-electron chi connectivity index (χ3n) is 5.49. The predicted molar refractivity (Wildman–Crippen MR) is 129 cm³/mol. The normalized spacial score (nSPS) is 11.7. The van der Waals surface area contributed by atoms with Crippen LogP contribution in [-0.2, 0) is 26.7 Å². The summed E-state index contributed by atoms with van der Waals surface area (Å²) in [5.74, 6) is -0.405. The number of hydrogen-bond acceptors (Lipinski definition) is 6. The highest BCUT2D eigenvalue weighted by molar-refractivity contribution is 6.30. The van der Waals surface area contributed by atoms with E-state index in [-0.39, 0.29) is 49.9 Å². The van der Waals surface area contributed by atoms with Crippen LogP contribution in [-0.4, -0.2) is 36.8 Å². The SMILES string of the molecule is Cn1c(=O)n(CCCO)c(=O)c2c1nc(OCc1cccc(OC(F)(F)F)c1)n2Cc1ccc(Cl)cc1. The molecule has 0 radical (unpaired) electrons. The van der Waals surface area contributed by atoms with E-state index in [1.165, 1.54) is 28.3 Å². The first-order valence-corrected chi connectivity index (χ1v) is 11.5. The van der Waals surface area contributed by atoms with E-state index in [1.807, 2.05) is 0 Å². The standard InChI is InChI=1S/C24H22ClF3N4O5/c1-30-20-19(21(34)31(23(30)35)10-3-11-33)32(13-15-6-8-17(25)9-7-15)22(29-20)36-14-16-4-2-5-18(12-16)37-24(26,27)28/h2,4-9,12,33H,3,10-11,13-14H2,1H3. The Labute approximate surface area is 212 Å². The third-order valence-corrected chi connectivity index (χ3v) is 5.74. The summed E-state index contributed by atoms with van der Waals surface area (Å²) in [6, 6.07) is 12.1. The lowest BCUT2D eigenvalue weighted by molar-refractivity contribution is -0.274. The molecule has 196 valence electrons. The third kappa shape index (κ3) is 5.97. The smallest absolute Gasteiger partial charge is 0.460 e. The van der Waals surface area contributed by atoms with Crippen molar-refractivity contribution in [2.45, 2.75) is 32.5 Å². The number of rotatable bonds is 9. The van der Waals surface area contributed by atoms with E-state index in [9.17, 15) is 27.9 Å². The molecule has 4 rings (SSSR count). The van der Waals surface area contributed by atoms with Gasteiger partial charge in [-0.05, 0) is 41.8 Å². The van der Waals surface area contributed by atoms with Crippen LogP contribution in [0.4, 0.5) is 13.2 Å². The number of aliphatic hydroxyl groups excluding tert-OH is 1. The summed E-state index contributed by atoms with van der Waals surface area (Å²) in [6.45, 7) is -0.255. The second kappa shape index (κ2) is 10.7. The van der Waals surface area contributed by atoms with Crippen molar-refractivity contribution in [3.63, 3.8) is 0 Å². The van der Waals surface area contributed by atoms with Gasteiger partial charge in [0.05, 0.1) is 6.54 Å². The summed E-state index contributed by atoms with van der Waals surface area (Å²) >= 11 is 5.99. The first-order chi connectivity index (χ1) is 17.6. The maximum atomic E-state index is 13.3. The Kier molecular flexibility index (Phi) is 7.60. The Bertz CT molecular complexity index is 1530. The minimum Gasteiger partial charge on any atom is -0.460 e. The minimum atomic E-state index is -4.84. The van der Waals surface area contributed by atoms with Crippen molar-refractivity contribution in [1.82, 2.24) is 18.7 Å². The van der Waals surface area contributed by atoms with Crippen molar-refractivity contribution in [2.24, 2.45) is 7.05 Å². The molecule has 0 aliphatic carbocycles. The van der Waals surface area contributed by atoms with Gasteiger partial charge in [0.25, 0.3) is 11.6 Å². The number of benzene rings is 2. The van der Waals surface area contributed by atoms with Crippen molar-refractivity contribution in [3.8, 4) is 11.8 Å². The second-order valence-corrected chi connectivity index (χ2v) is 8.58. The average molecular weight is 539 g/mol. The molecule has 0 atom stereocenters. The van der Waals surface area contributed by atoms with Crippen LogP contribution in [0.5, 0.6) is 11.8 Å². The highest BCUT2D eigenvalue weighted by Crippen LogP contribution is 2.25. The molecular formula is C24H22ClF3N4O5. The summed E-state index contributed by atoms with van der Waals surface area (Å²) < 4.78 is 51.3. The maximum absolute atomic E-state index is 13.3. The molecule has 2 aromatic carbocycles. The fourth-order valence-corrected chi connectivity index (χ4v) is 3.91. The number of nitrogens with zero attached hydrogens (tertiary/aromatic N) is 4. The molecule has 0 bridgehead atoms. The van der Waals surface area contributed by atoms with Gasteiger partial charge in [0.1, 0.15) is 12.4 Å². The van der Waals surface area contributed by atoms with Gasteiger partial charge in [-0.25, -0.2) is 4.79 Å². The van der Waals surface area contributed by atoms with Crippen LogP contribution in [0, 0.1) is 0 Å². The van der Waals surface area contributed by atoms with Gasteiger partial charge in [-0.3, -0.25) is 18.5 Å². The zero-order valence-electron chi connectivity index (χ0n) is 19.5. The Balaban J connectivity index is 1.77. The lowest BCUT2D eigenvalue weighted by Crippen LogP contribution is -2.39. The van der Waals surface area contributed by atoms with E-state index in [2.05, 4.69) is 9.72 Å². The molecule has 0 saturated heterocycles. The van der Waals surface area contributed by atoms with Crippen LogP contribution < -0.4 is 20.7 Å². The van der Waals surface area contributed by atoms with E-state index in [4.69, 9.17) is 16.3 Å². The van der Waals surface area contributed by atoms with E-state index in [1.54, 1.807) is 30.3 Å². The average Bonchev–Trinajstić information content (AvgIpc) is 3.20. The van der Waals surface area contributed by atoms with Gasteiger partial charge >= 0.3 is 12.1 Å². The number of ether oxygens (including phenoxy) is 2. The fraction of sp³-hybridized carbons (Fsp3) is 0.292. The zero-order chi connectivity index (χ0) is 26.7. The largest absolute Gasteiger partial charge is 0.573 e. The van der Waals surface area contributed by atoms with Gasteiger partial charge in [-0.2, -0.15) is 4.98 Å². The molecule has 0 aliphatic heterocycles. The molecule has 0 aliphatic rings. The summed E-state index contributed by atoms with van der Waals surface area (Å²) in [7, 11) is 1.46. The molecule has 0 saturated carbocycles. The number of aliphatic hydroxyl groups is 1. The highest BCUT2D eigenvalue weighted by Gasteiger charge is 2.31. The van der Waals surface area contributed by atoms with E-state index in [0.717, 1.165) is 16.2 Å². The topological polar surface area (TPSA) is 101 Å². The molecule has 0 fully saturated rings. The van der Waals surface area contributed by atoms with Crippen LogP contribution in [0.2, 0.25) is 5.02 Å². The number of halogens is 4. The summed E-state index contributed by atoms with van der Waals surface area (Å²) in [5.41, 5.74) is 0.0759. The lowest BCUT2D eigenvalue weighted by atomic mass is 10.2. The molecular weight excluding hydrogens is 517 g/mol. The Morgan fingerprint density at radius 3 is 2.46 bits per heavy atom. The van der Waals surface area contributed by atoms with Gasteiger partial charge < -0.3 is 14.6 Å². The minimum absolute atomic E-state index is 0.00621. The molecule has 13 heteroatoms. The quantitative estimate of drug-likeness (QED) is 0.350. The molecule has 4 aromatic rings. The Morgan fingerprint density at radius 2 is 1.78 bits per heavy atom. The Hall–Kier alpha value is -3.77. The maximum Gasteiger partial charge on any atom is 0.573 e. The molecule has 37 heavy (non-hydrogen) atoms. The molecule has 0 unspecified atom stereocenters. The zero-order valence-corrected chi connectivity index (χ0v) is 20.3. The Morgan fingerprint density at radius 1 is 1.05 bits per heavy atom. The van der Waals surface area contributed by atoms with Gasteiger partial charge in [0.15, 0.2) is 11.2 Å². The fourth-order valence-electron chi connectivity index (χ4n) is 3.79. The number of aromatic nitrogens is 4. The van der Waals surface area contributed by atoms with E-state index >= 15 is 0 Å². The summed E-state index contributed by atoms with van der Waals surface area (Å²) in [5, 5.41) is 9.70. The van der Waals surface area contributed by atoms with Gasteiger partial charge in [0, 0.05) is 25.2 Å². The predicted octanol–water partition coefficient (Wildman–Crippen LogP) is 3.46. The first kappa shape index (κ1) is 26.3. The van der Waals surface area contributed by atoms with Crippen molar-refractivity contribution in [2.75, 3.05) is 6.61 Å². The van der Waals surface area contributed by atoms with Gasteiger partial charge in [-0.1, -0.05) is 35.9 Å². The van der Waals surface area contributed by atoms with Gasteiger partial charge in [0.2, 0.25) is 0 Å². The molecule has 9 nitrogen and oxygen atoms in total. The molecule has 1 N–H and O–H groups in total. The van der Waals surface area contributed by atoms with Crippen LogP contribution in [0.1, 0.15) is 17.5 Å². The van der Waals surface area contributed by atoms with Gasteiger partial charge in [-0.15, -0.1) is 13.2 Å². The first-order valence-electron chi connectivity index (χ1n) is 11.1. The number of imidazole rings is 1. The number of alkyl halides is 3. The second-order valence-electron chi connectivity index (χ2n) is 8.14. The number of aryl methyl sites for hydroxylation is 1. The van der Waals surface area contributed by atoms with Crippen molar-refractivity contribution in [1.29, 1.82) is 0 Å². The molecule has 2 heterocycles. The van der Waals surface area contributed by atoms with Crippen LogP contribution in [0.15, 0.2) is 58.1 Å². The molecule has 2 aromatic heterocycles. The number of hydrogen-bond donors (Lipinski definition) is 1. The summed E-state index contributed by atoms with van der Waals surface area (Å²) in [6.07, 6.45) is -4.64. The van der Waals surface area contributed by atoms with Crippen LogP contribution in [0.25, 0.3) is 11.2 Å².